The number of carbonyl (C=O) groups is 2. The molecule has 0 radical (unpaired) electrons. The molecule has 3 heterocycles. The third kappa shape index (κ3) is 5.01. The predicted molar refractivity (Wildman–Crippen MR) is 135 cm³/mol. The molecule has 1 saturated heterocycles. The fourth-order valence-corrected chi connectivity index (χ4v) is 4.39. The minimum Gasteiger partial charge on any atom is -0.367 e. The van der Waals surface area contributed by atoms with E-state index in [1.807, 2.05) is 38.3 Å². The van der Waals surface area contributed by atoms with Crippen molar-refractivity contribution >= 4 is 46.1 Å². The molecule has 0 bridgehead atoms. The number of hydrogen-bond acceptors (Lipinski definition) is 7. The zero-order chi connectivity index (χ0) is 24.4. The van der Waals surface area contributed by atoms with Crippen molar-refractivity contribution in [1.29, 1.82) is 0 Å². The van der Waals surface area contributed by atoms with E-state index in [2.05, 4.69) is 39.5 Å². The van der Waals surface area contributed by atoms with E-state index in [4.69, 9.17) is 0 Å². The lowest BCUT2D eigenvalue weighted by molar-refractivity contribution is -0.126. The lowest BCUT2D eigenvalue weighted by Crippen LogP contribution is -2.35. The van der Waals surface area contributed by atoms with Gasteiger partial charge >= 0.3 is 0 Å². The highest BCUT2D eigenvalue weighted by molar-refractivity contribution is 7.98. The number of aromatic nitrogens is 4. The molecule has 2 amide bonds. The summed E-state index contributed by atoms with van der Waals surface area (Å²) < 4.78 is 1.78. The van der Waals surface area contributed by atoms with Gasteiger partial charge in [0, 0.05) is 31.2 Å². The van der Waals surface area contributed by atoms with Crippen LogP contribution in [0, 0.1) is 19.8 Å². The number of thioether (sulfide) groups is 1. The average molecular weight is 482 g/mol. The standard InChI is InChI=1S/C24H31N7O2S/c1-14(2)27-21-19-12-26-31(22(19)29-24(28-21)34-5)9-8-25-23(33)17-11-20(32)30(13-17)18-7-6-15(3)16(4)10-18/h6-7,10,12,14,17H,8-9,11,13H2,1-5H3,(H,25,33)(H,27,28,29). The second kappa shape index (κ2) is 10.0. The topological polar surface area (TPSA) is 105 Å². The number of anilines is 2. The van der Waals surface area contributed by atoms with Crippen LogP contribution in [0.5, 0.6) is 0 Å². The highest BCUT2D eigenvalue weighted by Gasteiger charge is 2.35. The van der Waals surface area contributed by atoms with E-state index in [0.29, 0.717) is 24.8 Å². The van der Waals surface area contributed by atoms with E-state index < -0.39 is 0 Å². The zero-order valence-electron chi connectivity index (χ0n) is 20.3. The lowest BCUT2D eigenvalue weighted by atomic mass is 10.1. The van der Waals surface area contributed by atoms with Gasteiger partial charge in [0.15, 0.2) is 10.8 Å². The van der Waals surface area contributed by atoms with Crippen molar-refractivity contribution in [2.45, 2.75) is 51.9 Å². The van der Waals surface area contributed by atoms with Gasteiger partial charge in [0.05, 0.1) is 24.0 Å². The van der Waals surface area contributed by atoms with E-state index >= 15 is 0 Å². The van der Waals surface area contributed by atoms with Gasteiger partial charge in [-0.15, -0.1) is 0 Å². The number of carbonyl (C=O) groups excluding carboxylic acids is 2. The third-order valence-corrected chi connectivity index (χ3v) is 6.55. The molecule has 2 aromatic heterocycles. The van der Waals surface area contributed by atoms with Crippen LogP contribution in [0.3, 0.4) is 0 Å². The van der Waals surface area contributed by atoms with Gasteiger partial charge in [-0.2, -0.15) is 5.10 Å². The quantitative estimate of drug-likeness (QED) is 0.376. The minimum atomic E-state index is -0.365. The fourth-order valence-electron chi connectivity index (χ4n) is 4.03. The summed E-state index contributed by atoms with van der Waals surface area (Å²) in [5, 5.41) is 12.3. The summed E-state index contributed by atoms with van der Waals surface area (Å²) in [6.45, 7) is 9.45. The molecule has 1 aliphatic heterocycles. The highest BCUT2D eigenvalue weighted by Crippen LogP contribution is 2.27. The molecule has 1 aliphatic rings. The molecular weight excluding hydrogens is 450 g/mol. The average Bonchev–Trinajstić information content (AvgIpc) is 3.39. The number of nitrogens with one attached hydrogen (secondary N) is 2. The van der Waals surface area contributed by atoms with Crippen molar-refractivity contribution in [2.24, 2.45) is 5.92 Å². The van der Waals surface area contributed by atoms with Gasteiger partial charge in [-0.3, -0.25) is 9.59 Å². The van der Waals surface area contributed by atoms with Crippen LogP contribution in [0.25, 0.3) is 11.0 Å². The van der Waals surface area contributed by atoms with Crippen molar-refractivity contribution in [1.82, 2.24) is 25.1 Å². The summed E-state index contributed by atoms with van der Waals surface area (Å²) in [6, 6.07) is 6.18. The molecule has 1 atom stereocenters. The molecular formula is C24H31N7O2S. The van der Waals surface area contributed by atoms with Gasteiger partial charge < -0.3 is 15.5 Å². The smallest absolute Gasteiger partial charge is 0.227 e. The third-order valence-electron chi connectivity index (χ3n) is 6.00. The maximum atomic E-state index is 12.8. The first-order valence-electron chi connectivity index (χ1n) is 11.5. The Kier molecular flexibility index (Phi) is 7.06. The molecule has 1 fully saturated rings. The van der Waals surface area contributed by atoms with Gasteiger partial charge in [0.1, 0.15) is 5.82 Å². The van der Waals surface area contributed by atoms with Gasteiger partial charge in [-0.1, -0.05) is 17.8 Å². The summed E-state index contributed by atoms with van der Waals surface area (Å²) >= 11 is 1.47. The van der Waals surface area contributed by atoms with Crippen molar-refractivity contribution in [3.8, 4) is 0 Å². The van der Waals surface area contributed by atoms with Gasteiger partial charge in [-0.05, 0) is 57.2 Å². The molecule has 1 aromatic carbocycles. The second-order valence-corrected chi connectivity index (χ2v) is 9.70. The minimum absolute atomic E-state index is 0.0204. The molecule has 2 N–H and O–H groups in total. The Morgan fingerprint density at radius 3 is 2.74 bits per heavy atom. The summed E-state index contributed by atoms with van der Waals surface area (Å²) in [5.41, 5.74) is 3.89. The molecule has 0 aliphatic carbocycles. The summed E-state index contributed by atoms with van der Waals surface area (Å²) in [4.78, 5) is 36.3. The number of benzene rings is 1. The molecule has 34 heavy (non-hydrogen) atoms. The molecule has 0 spiro atoms. The summed E-state index contributed by atoms with van der Waals surface area (Å²) in [7, 11) is 0. The van der Waals surface area contributed by atoms with Gasteiger partial charge in [0.2, 0.25) is 11.8 Å². The first-order valence-corrected chi connectivity index (χ1v) is 12.7. The fraction of sp³-hybridized carbons (Fsp3) is 0.458. The Morgan fingerprint density at radius 2 is 2.03 bits per heavy atom. The van der Waals surface area contributed by atoms with Crippen LogP contribution < -0.4 is 15.5 Å². The van der Waals surface area contributed by atoms with Crippen LogP contribution in [0.1, 0.15) is 31.4 Å². The van der Waals surface area contributed by atoms with E-state index in [1.54, 1.807) is 15.8 Å². The largest absolute Gasteiger partial charge is 0.367 e. The van der Waals surface area contributed by atoms with Crippen molar-refractivity contribution in [2.75, 3.05) is 29.6 Å². The number of fused-ring (bicyclic) bond motifs is 1. The molecule has 4 rings (SSSR count). The van der Waals surface area contributed by atoms with Crippen LogP contribution in [-0.2, 0) is 16.1 Å². The Hall–Kier alpha value is -3.14. The van der Waals surface area contributed by atoms with E-state index in [0.717, 1.165) is 28.1 Å². The van der Waals surface area contributed by atoms with Crippen molar-refractivity contribution in [3.05, 3.63) is 35.5 Å². The molecule has 1 unspecified atom stereocenters. The van der Waals surface area contributed by atoms with Crippen LogP contribution in [-0.4, -0.2) is 56.9 Å². The Balaban J connectivity index is 1.39. The Morgan fingerprint density at radius 1 is 1.24 bits per heavy atom. The molecule has 9 nitrogen and oxygen atoms in total. The molecule has 10 heteroatoms. The second-order valence-electron chi connectivity index (χ2n) is 8.93. The van der Waals surface area contributed by atoms with Crippen LogP contribution in [0.15, 0.2) is 29.6 Å². The SMILES string of the molecule is CSc1nc(NC(C)C)c2cnn(CCNC(=O)C3CC(=O)N(c4ccc(C)c(C)c4)C3)c2n1. The summed E-state index contributed by atoms with van der Waals surface area (Å²) in [6.07, 6.45) is 3.91. The number of amides is 2. The number of nitrogens with zero attached hydrogens (tertiary/aromatic N) is 5. The Labute approximate surface area is 203 Å². The van der Waals surface area contributed by atoms with E-state index in [1.165, 1.54) is 17.3 Å². The van der Waals surface area contributed by atoms with Crippen LogP contribution >= 0.6 is 11.8 Å². The monoisotopic (exact) mass is 481 g/mol. The van der Waals surface area contributed by atoms with Gasteiger partial charge in [-0.25, -0.2) is 14.6 Å². The number of hydrogen-bond donors (Lipinski definition) is 2. The molecule has 180 valence electrons. The lowest BCUT2D eigenvalue weighted by Gasteiger charge is -2.18. The molecule has 0 saturated carbocycles. The van der Waals surface area contributed by atoms with Gasteiger partial charge in [0.25, 0.3) is 0 Å². The predicted octanol–water partition coefficient (Wildman–Crippen LogP) is 3.15. The zero-order valence-corrected chi connectivity index (χ0v) is 21.1. The summed E-state index contributed by atoms with van der Waals surface area (Å²) in [5.74, 6) is 0.261. The van der Waals surface area contributed by atoms with Crippen molar-refractivity contribution in [3.63, 3.8) is 0 Å². The first kappa shape index (κ1) is 24.0. The van der Waals surface area contributed by atoms with Crippen LogP contribution in [0.4, 0.5) is 11.5 Å². The maximum absolute atomic E-state index is 12.8. The van der Waals surface area contributed by atoms with Crippen LogP contribution in [0.2, 0.25) is 0 Å². The number of rotatable bonds is 8. The van der Waals surface area contributed by atoms with Crippen molar-refractivity contribution < 1.29 is 9.59 Å². The Bertz CT molecular complexity index is 1220. The normalized spacial score (nSPS) is 16.0. The van der Waals surface area contributed by atoms with E-state index in [-0.39, 0.29) is 30.2 Å². The van der Waals surface area contributed by atoms with E-state index in [9.17, 15) is 9.59 Å². The maximum Gasteiger partial charge on any atom is 0.227 e. The molecule has 3 aromatic rings. The highest BCUT2D eigenvalue weighted by atomic mass is 32.2. The number of aryl methyl sites for hydroxylation is 2. The first-order chi connectivity index (χ1) is 16.3.